The van der Waals surface area contributed by atoms with Gasteiger partial charge in [-0.05, 0) is 36.6 Å². The molecule has 0 radical (unpaired) electrons. The van der Waals surface area contributed by atoms with E-state index in [4.69, 9.17) is 11.6 Å². The van der Waals surface area contributed by atoms with Gasteiger partial charge in [0.2, 0.25) is 5.95 Å². The first-order valence-corrected chi connectivity index (χ1v) is 6.84. The summed E-state index contributed by atoms with van der Waals surface area (Å²) in [5, 5.41) is 2.78. The summed E-state index contributed by atoms with van der Waals surface area (Å²) in [7, 11) is 0. The molecule has 0 aliphatic rings. The van der Waals surface area contributed by atoms with E-state index < -0.39 is 11.9 Å². The third kappa shape index (κ3) is 4.60. The van der Waals surface area contributed by atoms with Crippen LogP contribution in [0.1, 0.15) is 17.7 Å². The van der Waals surface area contributed by atoms with Gasteiger partial charge in [0, 0.05) is 17.8 Å². The van der Waals surface area contributed by atoms with Crippen LogP contribution in [0, 0.1) is 0 Å². The number of rotatable bonds is 5. The highest BCUT2D eigenvalue weighted by Gasteiger charge is 2.32. The van der Waals surface area contributed by atoms with Gasteiger partial charge in [-0.3, -0.25) is 0 Å². The topological polar surface area (TPSA) is 37.8 Å². The number of nitrogens with zero attached hydrogens (tertiary/aromatic N) is 2. The molecule has 0 unspecified atom stereocenters. The Balaban J connectivity index is 2.14. The van der Waals surface area contributed by atoms with E-state index in [9.17, 15) is 13.2 Å². The second-order valence-electron chi connectivity index (χ2n) is 4.38. The van der Waals surface area contributed by atoms with Crippen LogP contribution in [-0.2, 0) is 12.6 Å². The maximum atomic E-state index is 12.6. The first-order chi connectivity index (χ1) is 9.99. The fourth-order valence-electron chi connectivity index (χ4n) is 1.78. The molecule has 0 aliphatic heterocycles. The van der Waals surface area contributed by atoms with E-state index in [1.165, 1.54) is 0 Å². The average Bonchev–Trinajstić information content (AvgIpc) is 2.45. The van der Waals surface area contributed by atoms with E-state index in [2.05, 4.69) is 15.3 Å². The van der Waals surface area contributed by atoms with Gasteiger partial charge in [0.15, 0.2) is 0 Å². The van der Waals surface area contributed by atoms with Crippen LogP contribution in [0.2, 0.25) is 0 Å². The van der Waals surface area contributed by atoms with Crippen molar-refractivity contribution in [1.82, 2.24) is 9.97 Å². The number of hydrogen-bond acceptors (Lipinski definition) is 3. The third-order valence-corrected chi connectivity index (χ3v) is 3.00. The molecule has 0 spiro atoms. The standard InChI is InChI=1S/C14H13ClF3N3/c15-7-2-4-10-3-1-5-11(9-10)20-13-19-8-6-12(21-13)14(16,17)18/h1,3,5-6,8-9H,2,4,7H2,(H,19,20,21). The molecule has 1 aromatic carbocycles. The van der Waals surface area contributed by atoms with E-state index in [1.807, 2.05) is 18.2 Å². The highest BCUT2D eigenvalue weighted by Crippen LogP contribution is 2.28. The lowest BCUT2D eigenvalue weighted by atomic mass is 10.1. The Bertz CT molecular complexity index is 602. The second kappa shape index (κ2) is 6.76. The molecule has 0 saturated carbocycles. The molecule has 0 bridgehead atoms. The first-order valence-electron chi connectivity index (χ1n) is 6.31. The van der Waals surface area contributed by atoms with Crippen molar-refractivity contribution in [3.63, 3.8) is 0 Å². The van der Waals surface area contributed by atoms with E-state index in [0.29, 0.717) is 11.6 Å². The molecule has 0 amide bonds. The van der Waals surface area contributed by atoms with E-state index in [-0.39, 0.29) is 5.95 Å². The molecule has 2 aromatic rings. The summed E-state index contributed by atoms with van der Waals surface area (Å²) in [5.41, 5.74) is 0.715. The smallest absolute Gasteiger partial charge is 0.324 e. The molecule has 21 heavy (non-hydrogen) atoms. The zero-order chi connectivity index (χ0) is 15.3. The van der Waals surface area contributed by atoms with Gasteiger partial charge in [-0.2, -0.15) is 13.2 Å². The highest BCUT2D eigenvalue weighted by atomic mass is 35.5. The molecular formula is C14H13ClF3N3. The van der Waals surface area contributed by atoms with Gasteiger partial charge in [-0.25, -0.2) is 9.97 Å². The molecule has 7 heteroatoms. The highest BCUT2D eigenvalue weighted by molar-refractivity contribution is 6.17. The van der Waals surface area contributed by atoms with Crippen LogP contribution in [0.25, 0.3) is 0 Å². The maximum absolute atomic E-state index is 12.6. The predicted octanol–water partition coefficient (Wildman–Crippen LogP) is 4.41. The summed E-state index contributed by atoms with van der Waals surface area (Å²) >= 11 is 5.64. The first kappa shape index (κ1) is 15.6. The minimum absolute atomic E-state index is 0.0840. The van der Waals surface area contributed by atoms with Crippen molar-refractivity contribution >= 4 is 23.2 Å². The molecule has 0 atom stereocenters. The second-order valence-corrected chi connectivity index (χ2v) is 4.76. The monoisotopic (exact) mass is 315 g/mol. The summed E-state index contributed by atoms with van der Waals surface area (Å²) in [6.07, 6.45) is -1.76. The molecule has 2 rings (SSSR count). The molecule has 1 aromatic heterocycles. The van der Waals surface area contributed by atoms with E-state index in [1.54, 1.807) is 6.07 Å². The van der Waals surface area contributed by atoms with Crippen molar-refractivity contribution < 1.29 is 13.2 Å². The van der Waals surface area contributed by atoms with Gasteiger partial charge in [-0.15, -0.1) is 11.6 Å². The van der Waals surface area contributed by atoms with Gasteiger partial charge in [0.1, 0.15) is 5.69 Å². The summed E-state index contributed by atoms with van der Waals surface area (Å²) in [5.74, 6) is 0.480. The number of hydrogen-bond donors (Lipinski definition) is 1. The Hall–Kier alpha value is -1.82. The van der Waals surface area contributed by atoms with Crippen LogP contribution >= 0.6 is 11.6 Å². The van der Waals surface area contributed by atoms with Crippen LogP contribution in [0.5, 0.6) is 0 Å². The Kier molecular flexibility index (Phi) is 5.01. The Morgan fingerprint density at radius 2 is 2.00 bits per heavy atom. The van der Waals surface area contributed by atoms with Crippen molar-refractivity contribution in [1.29, 1.82) is 0 Å². The molecule has 1 N–H and O–H groups in total. The quantitative estimate of drug-likeness (QED) is 0.830. The van der Waals surface area contributed by atoms with Crippen LogP contribution in [0.3, 0.4) is 0 Å². The van der Waals surface area contributed by atoms with E-state index >= 15 is 0 Å². The fourth-order valence-corrected chi connectivity index (χ4v) is 1.92. The number of halogens is 4. The maximum Gasteiger partial charge on any atom is 0.433 e. The van der Waals surface area contributed by atoms with Crippen molar-refractivity contribution in [3.8, 4) is 0 Å². The number of aromatic nitrogens is 2. The lowest BCUT2D eigenvalue weighted by Crippen LogP contribution is -2.10. The summed E-state index contributed by atoms with van der Waals surface area (Å²) < 4.78 is 37.7. The normalized spacial score (nSPS) is 11.4. The van der Waals surface area contributed by atoms with Gasteiger partial charge >= 0.3 is 6.18 Å². The third-order valence-electron chi connectivity index (χ3n) is 2.73. The van der Waals surface area contributed by atoms with Crippen LogP contribution < -0.4 is 5.32 Å². The molecule has 0 fully saturated rings. The number of nitrogens with one attached hydrogen (secondary N) is 1. The number of anilines is 2. The van der Waals surface area contributed by atoms with Gasteiger partial charge in [0.05, 0.1) is 0 Å². The molecule has 112 valence electrons. The zero-order valence-electron chi connectivity index (χ0n) is 11.0. The molecule has 0 saturated heterocycles. The minimum Gasteiger partial charge on any atom is -0.324 e. The summed E-state index contributed by atoms with van der Waals surface area (Å²) in [6.45, 7) is 0. The number of benzene rings is 1. The van der Waals surface area contributed by atoms with Gasteiger partial charge in [-0.1, -0.05) is 12.1 Å². The van der Waals surface area contributed by atoms with Crippen molar-refractivity contribution in [2.75, 3.05) is 11.2 Å². The number of aryl methyl sites for hydroxylation is 1. The SMILES string of the molecule is FC(F)(F)c1ccnc(Nc2cccc(CCCCl)c2)n1. The molecule has 1 heterocycles. The molecular weight excluding hydrogens is 303 g/mol. The van der Waals surface area contributed by atoms with Gasteiger partial charge < -0.3 is 5.32 Å². The Labute approximate surface area is 125 Å². The summed E-state index contributed by atoms with van der Waals surface area (Å²) in [6, 6.07) is 8.18. The average molecular weight is 316 g/mol. The molecule has 0 aliphatic carbocycles. The Morgan fingerprint density at radius 1 is 1.19 bits per heavy atom. The van der Waals surface area contributed by atoms with Crippen molar-refractivity contribution in [3.05, 3.63) is 47.8 Å². The lowest BCUT2D eigenvalue weighted by Gasteiger charge is -2.09. The van der Waals surface area contributed by atoms with E-state index in [0.717, 1.165) is 30.7 Å². The van der Waals surface area contributed by atoms with Gasteiger partial charge in [0.25, 0.3) is 0 Å². The largest absolute Gasteiger partial charge is 0.433 e. The zero-order valence-corrected chi connectivity index (χ0v) is 11.7. The molecule has 3 nitrogen and oxygen atoms in total. The van der Waals surface area contributed by atoms with Crippen molar-refractivity contribution in [2.24, 2.45) is 0 Å². The fraction of sp³-hybridized carbons (Fsp3) is 0.286. The number of alkyl halides is 4. The Morgan fingerprint density at radius 3 is 2.71 bits per heavy atom. The lowest BCUT2D eigenvalue weighted by molar-refractivity contribution is -0.141. The minimum atomic E-state index is -4.48. The van der Waals surface area contributed by atoms with Crippen LogP contribution in [0.15, 0.2) is 36.5 Å². The van der Waals surface area contributed by atoms with Crippen LogP contribution in [-0.4, -0.2) is 15.8 Å². The predicted molar refractivity (Wildman–Crippen MR) is 75.8 cm³/mol. The summed E-state index contributed by atoms with van der Waals surface area (Å²) in [4.78, 5) is 7.26. The van der Waals surface area contributed by atoms with Crippen LogP contribution in [0.4, 0.5) is 24.8 Å². The van der Waals surface area contributed by atoms with Crippen molar-refractivity contribution in [2.45, 2.75) is 19.0 Å².